The first kappa shape index (κ1) is 15.7. The van der Waals surface area contributed by atoms with Crippen LogP contribution in [-0.2, 0) is 17.8 Å². The number of nitrogens with one attached hydrogen (secondary N) is 1. The van der Waals surface area contributed by atoms with Crippen molar-refractivity contribution < 1.29 is 23.1 Å². The predicted octanol–water partition coefficient (Wildman–Crippen LogP) is 3.36. The molecule has 2 rings (SSSR count). The van der Waals surface area contributed by atoms with Crippen LogP contribution >= 0.6 is 0 Å². The lowest BCUT2D eigenvalue weighted by Gasteiger charge is -2.13. The first-order valence-electron chi connectivity index (χ1n) is 6.28. The summed E-state index contributed by atoms with van der Waals surface area (Å²) < 4.78 is 38.5. The van der Waals surface area contributed by atoms with Gasteiger partial charge in [0.1, 0.15) is 0 Å². The zero-order valence-electron chi connectivity index (χ0n) is 11.3. The van der Waals surface area contributed by atoms with Crippen molar-refractivity contribution in [3.05, 3.63) is 59.2 Å². The van der Waals surface area contributed by atoms with Crippen LogP contribution in [-0.4, -0.2) is 5.91 Å². The molecule has 1 radical (unpaired) electrons. The van der Waals surface area contributed by atoms with Crippen molar-refractivity contribution in [1.82, 2.24) is 5.32 Å². The Balaban J connectivity index is 2.15. The van der Waals surface area contributed by atoms with E-state index in [4.69, 9.17) is 5.73 Å². The lowest BCUT2D eigenvalue weighted by atomic mass is 10.1. The van der Waals surface area contributed by atoms with E-state index in [-0.39, 0.29) is 23.4 Å². The molecule has 0 bridgehead atoms. The van der Waals surface area contributed by atoms with Gasteiger partial charge in [0.15, 0.2) is 5.75 Å². The van der Waals surface area contributed by atoms with Crippen LogP contribution in [0.4, 0.5) is 18.9 Å². The lowest BCUT2D eigenvalue weighted by molar-refractivity contribution is -0.138. The average molecular weight is 309 g/mol. The summed E-state index contributed by atoms with van der Waals surface area (Å²) >= 11 is 0. The van der Waals surface area contributed by atoms with Gasteiger partial charge in [-0.1, -0.05) is 18.2 Å². The van der Waals surface area contributed by atoms with Crippen molar-refractivity contribution in [1.29, 1.82) is 0 Å². The van der Waals surface area contributed by atoms with Crippen molar-refractivity contribution in [3.63, 3.8) is 0 Å². The number of hydrogen-bond acceptors (Lipinski definition) is 2. The molecular weight excluding hydrogens is 297 g/mol. The molecule has 4 nitrogen and oxygen atoms in total. The third kappa shape index (κ3) is 3.69. The maximum absolute atomic E-state index is 12.8. The zero-order valence-corrected chi connectivity index (χ0v) is 11.3. The Kier molecular flexibility index (Phi) is 4.25. The number of hydrogen-bond donors (Lipinski definition) is 2. The summed E-state index contributed by atoms with van der Waals surface area (Å²) in [5.41, 5.74) is 4.71. The molecule has 0 unspecified atom stereocenters. The topological polar surface area (TPSA) is 75.0 Å². The zero-order chi connectivity index (χ0) is 16.3. The molecule has 0 aliphatic heterocycles. The molecular formula is C15H12F3N2O2. The number of anilines is 1. The Hall–Kier alpha value is -2.70. The quantitative estimate of drug-likeness (QED) is 0.853. The summed E-state index contributed by atoms with van der Waals surface area (Å²) in [5, 5.41) is 13.6. The minimum absolute atomic E-state index is 0.00879. The molecule has 0 atom stereocenters. The smallest absolute Gasteiger partial charge is 0.399 e. The highest BCUT2D eigenvalue weighted by atomic mass is 19.4. The standard InChI is InChI=1S/C15H12F3N2O2/c16-15(17,18)13-4-2-1-3-9(13)8-20-14(22)10-5-11(19)7-12(21)6-10/h1-7H,8,19H2,(H,20,22). The molecule has 22 heavy (non-hydrogen) atoms. The molecule has 0 aliphatic carbocycles. The van der Waals surface area contributed by atoms with E-state index in [1.165, 1.54) is 24.3 Å². The summed E-state index contributed by atoms with van der Waals surface area (Å²) in [6.07, 6.45) is -4.50. The van der Waals surface area contributed by atoms with E-state index in [0.29, 0.717) is 0 Å². The summed E-state index contributed by atoms with van der Waals surface area (Å²) in [6.45, 7) is -0.308. The minimum Gasteiger partial charge on any atom is -0.399 e. The Morgan fingerprint density at radius 1 is 1.14 bits per heavy atom. The number of nitrogens with two attached hydrogens (primary N) is 1. The first-order chi connectivity index (χ1) is 10.3. The van der Waals surface area contributed by atoms with Gasteiger partial charge in [-0.2, -0.15) is 13.2 Å². The molecule has 0 aliphatic rings. The van der Waals surface area contributed by atoms with Gasteiger partial charge in [-0.3, -0.25) is 9.90 Å². The van der Waals surface area contributed by atoms with Gasteiger partial charge < -0.3 is 11.1 Å². The predicted molar refractivity (Wildman–Crippen MR) is 73.6 cm³/mol. The van der Waals surface area contributed by atoms with Gasteiger partial charge in [-0.05, 0) is 23.8 Å². The second-order valence-electron chi connectivity index (χ2n) is 4.63. The SMILES string of the molecule is Nc1cc([O])cc(C(=O)NCc2ccccc2C(F)(F)F)c1. The van der Waals surface area contributed by atoms with E-state index in [9.17, 15) is 23.1 Å². The van der Waals surface area contributed by atoms with Gasteiger partial charge in [0.05, 0.1) is 5.56 Å². The number of nitrogen functional groups attached to an aromatic ring is 1. The van der Waals surface area contributed by atoms with Crippen LogP contribution in [0.3, 0.4) is 0 Å². The fourth-order valence-corrected chi connectivity index (χ4v) is 1.98. The maximum atomic E-state index is 12.8. The van der Waals surface area contributed by atoms with Crippen LogP contribution in [0.5, 0.6) is 5.75 Å². The van der Waals surface area contributed by atoms with Crippen molar-refractivity contribution in [3.8, 4) is 5.75 Å². The molecule has 2 aromatic rings. The molecule has 3 N–H and O–H groups in total. The van der Waals surface area contributed by atoms with E-state index in [0.717, 1.165) is 18.2 Å². The molecule has 2 aromatic carbocycles. The van der Waals surface area contributed by atoms with Crippen LogP contribution in [0.1, 0.15) is 21.5 Å². The molecule has 0 fully saturated rings. The van der Waals surface area contributed by atoms with Gasteiger partial charge in [-0.15, -0.1) is 0 Å². The number of benzene rings is 2. The average Bonchev–Trinajstić information content (AvgIpc) is 2.43. The Morgan fingerprint density at radius 3 is 2.45 bits per heavy atom. The molecule has 0 spiro atoms. The summed E-state index contributed by atoms with van der Waals surface area (Å²) in [6, 6.07) is 8.45. The molecule has 7 heteroatoms. The molecule has 0 saturated carbocycles. The number of rotatable bonds is 3. The number of carbonyl (C=O) groups is 1. The highest BCUT2D eigenvalue weighted by Crippen LogP contribution is 2.31. The second-order valence-corrected chi connectivity index (χ2v) is 4.63. The van der Waals surface area contributed by atoms with Crippen molar-refractivity contribution >= 4 is 11.6 Å². The second kappa shape index (κ2) is 5.97. The Bertz CT molecular complexity index is 679. The first-order valence-corrected chi connectivity index (χ1v) is 6.28. The third-order valence-corrected chi connectivity index (χ3v) is 2.95. The van der Waals surface area contributed by atoms with E-state index < -0.39 is 23.4 Å². The highest BCUT2D eigenvalue weighted by molar-refractivity contribution is 5.95. The molecule has 115 valence electrons. The van der Waals surface area contributed by atoms with Gasteiger partial charge in [0.25, 0.3) is 5.91 Å². The van der Waals surface area contributed by atoms with Crippen LogP contribution in [0, 0.1) is 0 Å². The number of halogens is 3. The van der Waals surface area contributed by atoms with Gasteiger partial charge in [0.2, 0.25) is 0 Å². The van der Waals surface area contributed by atoms with E-state index in [1.807, 2.05) is 0 Å². The summed E-state index contributed by atoms with van der Waals surface area (Å²) in [7, 11) is 0. The largest absolute Gasteiger partial charge is 0.416 e. The number of amides is 1. The molecule has 0 aromatic heterocycles. The van der Waals surface area contributed by atoms with E-state index in [2.05, 4.69) is 5.32 Å². The normalized spacial score (nSPS) is 11.2. The lowest BCUT2D eigenvalue weighted by Crippen LogP contribution is -2.24. The van der Waals surface area contributed by atoms with Crippen LogP contribution in [0.25, 0.3) is 0 Å². The van der Waals surface area contributed by atoms with Gasteiger partial charge in [0, 0.05) is 23.9 Å². The Labute approximate surface area is 124 Å². The maximum Gasteiger partial charge on any atom is 0.416 e. The fraction of sp³-hybridized carbons (Fsp3) is 0.133. The van der Waals surface area contributed by atoms with Crippen molar-refractivity contribution in [2.45, 2.75) is 12.7 Å². The third-order valence-electron chi connectivity index (χ3n) is 2.95. The van der Waals surface area contributed by atoms with Crippen LogP contribution in [0.2, 0.25) is 0 Å². The van der Waals surface area contributed by atoms with Crippen LogP contribution < -0.4 is 11.1 Å². The molecule has 1 amide bonds. The highest BCUT2D eigenvalue weighted by Gasteiger charge is 2.32. The fourth-order valence-electron chi connectivity index (χ4n) is 1.98. The van der Waals surface area contributed by atoms with Gasteiger partial charge in [-0.25, -0.2) is 0 Å². The molecule has 0 heterocycles. The van der Waals surface area contributed by atoms with Crippen LogP contribution in [0.15, 0.2) is 42.5 Å². The summed E-state index contributed by atoms with van der Waals surface area (Å²) in [5.74, 6) is -1.11. The van der Waals surface area contributed by atoms with E-state index >= 15 is 0 Å². The molecule has 0 saturated heterocycles. The summed E-state index contributed by atoms with van der Waals surface area (Å²) in [4.78, 5) is 11.9. The number of carbonyl (C=O) groups excluding carboxylic acids is 1. The number of alkyl halides is 3. The minimum atomic E-state index is -4.50. The van der Waals surface area contributed by atoms with Crippen molar-refractivity contribution in [2.24, 2.45) is 0 Å². The van der Waals surface area contributed by atoms with E-state index in [1.54, 1.807) is 0 Å². The monoisotopic (exact) mass is 309 g/mol. The van der Waals surface area contributed by atoms with Crippen molar-refractivity contribution in [2.75, 3.05) is 5.73 Å². The Morgan fingerprint density at radius 2 is 1.82 bits per heavy atom. The van der Waals surface area contributed by atoms with Gasteiger partial charge >= 0.3 is 6.18 Å².